The molecule has 112 valence electrons. The second kappa shape index (κ2) is 8.14. The van der Waals surface area contributed by atoms with E-state index in [1.54, 1.807) is 12.1 Å². The van der Waals surface area contributed by atoms with Gasteiger partial charge in [-0.1, -0.05) is 54.6 Å². The van der Waals surface area contributed by atoms with Crippen LogP contribution >= 0.6 is 15.9 Å². The van der Waals surface area contributed by atoms with E-state index in [2.05, 4.69) is 28.2 Å². The lowest BCUT2D eigenvalue weighted by atomic mass is 9.94. The Labute approximate surface area is 130 Å². The van der Waals surface area contributed by atoms with Gasteiger partial charge in [0.2, 0.25) is 0 Å². The largest absolute Gasteiger partial charge is 0.314 e. The Morgan fingerprint density at radius 3 is 2.75 bits per heavy atom. The average molecular weight is 342 g/mol. The minimum absolute atomic E-state index is 0.172. The van der Waals surface area contributed by atoms with E-state index in [9.17, 15) is 4.39 Å². The van der Waals surface area contributed by atoms with Crippen LogP contribution in [-0.2, 0) is 6.42 Å². The lowest BCUT2D eigenvalue weighted by molar-refractivity contribution is 0.384. The molecular weight excluding hydrogens is 317 g/mol. The van der Waals surface area contributed by atoms with Gasteiger partial charge in [0.15, 0.2) is 0 Å². The summed E-state index contributed by atoms with van der Waals surface area (Å²) < 4.78 is 14.1. The van der Waals surface area contributed by atoms with E-state index >= 15 is 0 Å². The van der Waals surface area contributed by atoms with Gasteiger partial charge in [0.25, 0.3) is 0 Å². The lowest BCUT2D eigenvalue weighted by Crippen LogP contribution is -2.33. The first kappa shape index (κ1) is 16.0. The summed E-state index contributed by atoms with van der Waals surface area (Å²) in [5.74, 6) is 0.707. The van der Waals surface area contributed by atoms with Crippen LogP contribution in [0.15, 0.2) is 22.7 Å². The smallest absolute Gasteiger partial charge is 0.124 e. The minimum Gasteiger partial charge on any atom is -0.314 e. The molecule has 20 heavy (non-hydrogen) atoms. The quantitative estimate of drug-likeness (QED) is 0.729. The SMILES string of the molecule is CCCNC(Cc1ccc(F)cc1Br)CC1CCCC1. The van der Waals surface area contributed by atoms with Crippen LogP contribution in [0.4, 0.5) is 4.39 Å². The van der Waals surface area contributed by atoms with E-state index in [0.29, 0.717) is 6.04 Å². The molecule has 1 saturated carbocycles. The Hall–Kier alpha value is -0.410. The number of hydrogen-bond donors (Lipinski definition) is 1. The summed E-state index contributed by atoms with van der Waals surface area (Å²) >= 11 is 3.49. The molecule has 1 aliphatic rings. The molecule has 0 spiro atoms. The van der Waals surface area contributed by atoms with Gasteiger partial charge in [-0.2, -0.15) is 0 Å². The maximum absolute atomic E-state index is 13.2. The third-order valence-electron chi connectivity index (χ3n) is 4.26. The average Bonchev–Trinajstić information content (AvgIpc) is 2.92. The molecule has 0 bridgehead atoms. The van der Waals surface area contributed by atoms with Gasteiger partial charge in [-0.25, -0.2) is 4.39 Å². The van der Waals surface area contributed by atoms with Crippen LogP contribution in [-0.4, -0.2) is 12.6 Å². The standard InChI is InChI=1S/C17H25BrFN/c1-2-9-20-16(10-13-5-3-4-6-13)11-14-7-8-15(19)12-17(14)18/h7-8,12-13,16,20H,2-6,9-11H2,1H3. The van der Waals surface area contributed by atoms with Crippen molar-refractivity contribution < 1.29 is 4.39 Å². The molecule has 0 heterocycles. The molecule has 1 aliphatic carbocycles. The van der Waals surface area contributed by atoms with Gasteiger partial charge in [0.1, 0.15) is 5.82 Å². The first-order chi connectivity index (χ1) is 9.69. The lowest BCUT2D eigenvalue weighted by Gasteiger charge is -2.22. The normalized spacial score (nSPS) is 17.6. The summed E-state index contributed by atoms with van der Waals surface area (Å²) in [7, 11) is 0. The van der Waals surface area contributed by atoms with E-state index in [-0.39, 0.29) is 5.82 Å². The highest BCUT2D eigenvalue weighted by atomic mass is 79.9. The highest BCUT2D eigenvalue weighted by molar-refractivity contribution is 9.10. The van der Waals surface area contributed by atoms with Crippen LogP contribution in [0, 0.1) is 11.7 Å². The molecule has 0 amide bonds. The predicted molar refractivity (Wildman–Crippen MR) is 86.5 cm³/mol. The Balaban J connectivity index is 1.97. The van der Waals surface area contributed by atoms with Crippen LogP contribution in [0.3, 0.4) is 0 Å². The molecule has 1 fully saturated rings. The number of nitrogens with one attached hydrogen (secondary N) is 1. The highest BCUT2D eigenvalue weighted by Gasteiger charge is 2.20. The number of halogens is 2. The summed E-state index contributed by atoms with van der Waals surface area (Å²) in [5.41, 5.74) is 1.21. The summed E-state index contributed by atoms with van der Waals surface area (Å²) in [6.07, 6.45) is 8.95. The van der Waals surface area contributed by atoms with Gasteiger partial charge in [0, 0.05) is 10.5 Å². The minimum atomic E-state index is -0.172. The third kappa shape index (κ3) is 4.85. The zero-order valence-corrected chi connectivity index (χ0v) is 13.9. The molecule has 1 aromatic rings. The Morgan fingerprint density at radius 2 is 2.10 bits per heavy atom. The molecule has 1 unspecified atom stereocenters. The number of rotatable bonds is 7. The molecule has 1 aromatic carbocycles. The van der Waals surface area contributed by atoms with Crippen LogP contribution in [0.1, 0.15) is 51.0 Å². The van der Waals surface area contributed by atoms with Crippen molar-refractivity contribution >= 4 is 15.9 Å². The highest BCUT2D eigenvalue weighted by Crippen LogP contribution is 2.30. The van der Waals surface area contributed by atoms with E-state index < -0.39 is 0 Å². The predicted octanol–water partition coefficient (Wildman–Crippen LogP) is 5.08. The van der Waals surface area contributed by atoms with E-state index in [1.165, 1.54) is 37.7 Å². The van der Waals surface area contributed by atoms with Crippen molar-refractivity contribution in [3.05, 3.63) is 34.1 Å². The summed E-state index contributed by atoms with van der Waals surface area (Å²) in [4.78, 5) is 0. The second-order valence-corrected chi connectivity index (χ2v) is 6.83. The molecule has 0 aromatic heterocycles. The zero-order valence-electron chi connectivity index (χ0n) is 12.3. The maximum atomic E-state index is 13.2. The van der Waals surface area contributed by atoms with Crippen molar-refractivity contribution in [2.45, 2.75) is 57.9 Å². The van der Waals surface area contributed by atoms with Crippen LogP contribution < -0.4 is 5.32 Å². The Bertz CT molecular complexity index is 415. The molecule has 0 saturated heterocycles. The fourth-order valence-electron chi connectivity index (χ4n) is 3.19. The van der Waals surface area contributed by atoms with Gasteiger partial charge < -0.3 is 5.32 Å². The van der Waals surface area contributed by atoms with E-state index in [4.69, 9.17) is 0 Å². The molecule has 3 heteroatoms. The fraction of sp³-hybridized carbons (Fsp3) is 0.647. The monoisotopic (exact) mass is 341 g/mol. The van der Waals surface area contributed by atoms with Gasteiger partial charge in [-0.05, 0) is 49.4 Å². The van der Waals surface area contributed by atoms with Crippen LogP contribution in [0.5, 0.6) is 0 Å². The van der Waals surface area contributed by atoms with Crippen molar-refractivity contribution in [1.29, 1.82) is 0 Å². The van der Waals surface area contributed by atoms with Gasteiger partial charge in [-0.3, -0.25) is 0 Å². The number of benzene rings is 1. The molecule has 1 atom stereocenters. The van der Waals surface area contributed by atoms with Gasteiger partial charge >= 0.3 is 0 Å². The molecule has 1 nitrogen and oxygen atoms in total. The second-order valence-electron chi connectivity index (χ2n) is 5.98. The van der Waals surface area contributed by atoms with E-state index in [1.807, 2.05) is 6.07 Å². The van der Waals surface area contributed by atoms with Crippen molar-refractivity contribution in [2.75, 3.05) is 6.54 Å². The van der Waals surface area contributed by atoms with Crippen LogP contribution in [0.2, 0.25) is 0 Å². The number of hydrogen-bond acceptors (Lipinski definition) is 1. The Morgan fingerprint density at radius 1 is 1.35 bits per heavy atom. The van der Waals surface area contributed by atoms with Crippen molar-refractivity contribution in [3.63, 3.8) is 0 Å². The van der Waals surface area contributed by atoms with Crippen molar-refractivity contribution in [3.8, 4) is 0 Å². The maximum Gasteiger partial charge on any atom is 0.124 e. The Kier molecular flexibility index (Phi) is 6.50. The molecule has 0 radical (unpaired) electrons. The summed E-state index contributed by atoms with van der Waals surface area (Å²) in [6, 6.07) is 5.56. The summed E-state index contributed by atoms with van der Waals surface area (Å²) in [6.45, 7) is 3.27. The topological polar surface area (TPSA) is 12.0 Å². The molecule has 2 rings (SSSR count). The third-order valence-corrected chi connectivity index (χ3v) is 5.00. The fourth-order valence-corrected chi connectivity index (χ4v) is 3.70. The van der Waals surface area contributed by atoms with Gasteiger partial charge in [-0.15, -0.1) is 0 Å². The van der Waals surface area contributed by atoms with Gasteiger partial charge in [0.05, 0.1) is 0 Å². The molecule has 1 N–H and O–H groups in total. The first-order valence-electron chi connectivity index (χ1n) is 7.86. The van der Waals surface area contributed by atoms with Crippen molar-refractivity contribution in [2.24, 2.45) is 5.92 Å². The van der Waals surface area contributed by atoms with E-state index in [0.717, 1.165) is 29.8 Å². The molecular formula is C17H25BrFN. The molecule has 0 aliphatic heterocycles. The van der Waals surface area contributed by atoms with Crippen molar-refractivity contribution in [1.82, 2.24) is 5.32 Å². The first-order valence-corrected chi connectivity index (χ1v) is 8.65. The summed E-state index contributed by atoms with van der Waals surface area (Å²) in [5, 5.41) is 3.67. The van der Waals surface area contributed by atoms with Crippen LogP contribution in [0.25, 0.3) is 0 Å². The zero-order chi connectivity index (χ0) is 14.4.